The number of para-hydroxylation sites is 1. The van der Waals surface area contributed by atoms with Gasteiger partial charge in [0.15, 0.2) is 5.78 Å². The van der Waals surface area contributed by atoms with E-state index in [-0.39, 0.29) is 5.78 Å². The molecule has 1 aromatic carbocycles. The van der Waals surface area contributed by atoms with Crippen molar-refractivity contribution in [3.8, 4) is 11.4 Å². The molecular weight excluding hydrogens is 440 g/mol. The Hall–Kier alpha value is -3.65. The molecule has 0 radical (unpaired) electrons. The van der Waals surface area contributed by atoms with Crippen molar-refractivity contribution < 1.29 is 9.32 Å². The van der Waals surface area contributed by atoms with Gasteiger partial charge in [-0.15, -0.1) is 0 Å². The number of aryl methyl sites for hydroxylation is 1. The van der Waals surface area contributed by atoms with E-state index >= 15 is 0 Å². The fraction of sp³-hybridized carbons (Fsp3) is 0.370. The smallest absolute Gasteiger partial charge is 0.230 e. The van der Waals surface area contributed by atoms with Crippen LogP contribution in [0, 0.1) is 0 Å². The molecule has 1 aliphatic heterocycles. The van der Waals surface area contributed by atoms with Gasteiger partial charge in [0.25, 0.3) is 0 Å². The second kappa shape index (κ2) is 10.3. The normalized spacial score (nSPS) is 15.4. The topological polar surface area (TPSA) is 89.4 Å². The zero-order chi connectivity index (χ0) is 24.2. The van der Waals surface area contributed by atoms with E-state index in [0.29, 0.717) is 11.7 Å². The molecule has 180 valence electrons. The van der Waals surface area contributed by atoms with E-state index < -0.39 is 0 Å². The molecule has 4 aromatic rings. The molecule has 1 fully saturated rings. The summed E-state index contributed by atoms with van der Waals surface area (Å²) in [6.45, 7) is 5.52. The Balaban J connectivity index is 1.19. The van der Waals surface area contributed by atoms with Gasteiger partial charge in [0.05, 0.1) is 5.52 Å². The number of fused-ring (bicyclic) bond motifs is 1. The van der Waals surface area contributed by atoms with E-state index in [1.807, 2.05) is 36.7 Å². The minimum atomic E-state index is 0.0922. The number of rotatable bonds is 8. The zero-order valence-corrected chi connectivity index (χ0v) is 20.2. The molecule has 0 bridgehead atoms. The molecule has 0 saturated carbocycles. The third-order valence-electron chi connectivity index (χ3n) is 6.77. The highest BCUT2D eigenvalue weighted by Gasteiger charge is 2.25. The molecule has 8 heteroatoms. The Bertz CT molecular complexity index is 1330. The molecule has 0 N–H and O–H groups in total. The lowest BCUT2D eigenvalue weighted by atomic mass is 9.96. The lowest BCUT2D eigenvalue weighted by Gasteiger charge is -2.30. The van der Waals surface area contributed by atoms with Crippen molar-refractivity contribution in [2.24, 2.45) is 4.99 Å². The predicted octanol–water partition coefficient (Wildman–Crippen LogP) is 4.61. The summed E-state index contributed by atoms with van der Waals surface area (Å²) in [4.78, 5) is 27.6. The van der Waals surface area contributed by atoms with Crippen LogP contribution < -0.4 is 0 Å². The second-order valence-corrected chi connectivity index (χ2v) is 9.08. The van der Waals surface area contributed by atoms with Gasteiger partial charge >= 0.3 is 0 Å². The molecule has 1 saturated heterocycles. The Morgan fingerprint density at radius 1 is 1.17 bits per heavy atom. The SMILES string of the molecule is CN=Cc1cccc2c(C(C)=O)cn(CCCN3CCC(c4nc(-c5ccncc5)no4)CC3)c12. The molecule has 5 rings (SSSR count). The highest BCUT2D eigenvalue weighted by Crippen LogP contribution is 2.29. The summed E-state index contributed by atoms with van der Waals surface area (Å²) in [5, 5.41) is 5.16. The molecular formula is C27H30N6O2. The molecule has 35 heavy (non-hydrogen) atoms. The first-order chi connectivity index (χ1) is 17.1. The van der Waals surface area contributed by atoms with Crippen LogP contribution in [-0.4, -0.2) is 63.3 Å². The van der Waals surface area contributed by atoms with E-state index in [1.54, 1.807) is 26.4 Å². The Kier molecular flexibility index (Phi) is 6.81. The third kappa shape index (κ3) is 4.93. The monoisotopic (exact) mass is 470 g/mol. The van der Waals surface area contributed by atoms with Crippen LogP contribution in [0.2, 0.25) is 0 Å². The summed E-state index contributed by atoms with van der Waals surface area (Å²) < 4.78 is 7.80. The number of likely N-dealkylation sites (tertiary alicyclic amines) is 1. The minimum absolute atomic E-state index is 0.0922. The maximum Gasteiger partial charge on any atom is 0.230 e. The number of aliphatic imine (C=N–C) groups is 1. The van der Waals surface area contributed by atoms with E-state index in [4.69, 9.17) is 4.52 Å². The minimum Gasteiger partial charge on any atom is -0.346 e. The van der Waals surface area contributed by atoms with Crippen molar-refractivity contribution in [3.63, 3.8) is 0 Å². The molecule has 0 atom stereocenters. The van der Waals surface area contributed by atoms with Gasteiger partial charge in [-0.05, 0) is 58.0 Å². The fourth-order valence-corrected chi connectivity index (χ4v) is 4.98. The van der Waals surface area contributed by atoms with Crippen molar-refractivity contribution in [2.45, 2.75) is 38.6 Å². The molecule has 0 aliphatic carbocycles. The average molecular weight is 471 g/mol. The van der Waals surface area contributed by atoms with Gasteiger partial charge in [0.1, 0.15) is 0 Å². The standard InChI is InChI=1S/C27H30N6O2/c1-19(34)24-18-33(25-22(17-28-2)5-3-6-23(24)25)14-4-13-32-15-9-21(10-16-32)27-30-26(31-35-27)20-7-11-29-12-8-20/h3,5-8,11-12,17-18,21H,4,9-10,13-16H2,1-2H3. The fourth-order valence-electron chi connectivity index (χ4n) is 4.98. The van der Waals surface area contributed by atoms with Crippen LogP contribution >= 0.6 is 0 Å². The Labute approximate surface area is 204 Å². The summed E-state index contributed by atoms with van der Waals surface area (Å²) in [6.07, 6.45) is 10.4. The number of nitrogens with zero attached hydrogens (tertiary/aromatic N) is 6. The molecule has 3 aromatic heterocycles. The highest BCUT2D eigenvalue weighted by atomic mass is 16.5. The van der Waals surface area contributed by atoms with Gasteiger partial charge < -0.3 is 14.0 Å². The van der Waals surface area contributed by atoms with E-state index in [9.17, 15) is 4.79 Å². The van der Waals surface area contributed by atoms with Crippen LogP contribution in [-0.2, 0) is 6.54 Å². The average Bonchev–Trinajstić information content (AvgIpc) is 3.52. The molecule has 1 aliphatic rings. The number of Topliss-reactive ketones (excluding diaryl/α,β-unsaturated/α-hetero) is 1. The molecule has 0 spiro atoms. The summed E-state index contributed by atoms with van der Waals surface area (Å²) in [5.74, 6) is 1.75. The molecule has 0 amide bonds. The van der Waals surface area contributed by atoms with Crippen LogP contribution in [0.1, 0.15) is 53.9 Å². The van der Waals surface area contributed by atoms with Crippen LogP contribution in [0.3, 0.4) is 0 Å². The number of pyridine rings is 1. The van der Waals surface area contributed by atoms with Crippen molar-refractivity contribution in [1.29, 1.82) is 0 Å². The van der Waals surface area contributed by atoms with Crippen LogP contribution in [0.25, 0.3) is 22.3 Å². The van der Waals surface area contributed by atoms with Gasteiger partial charge in [-0.1, -0.05) is 23.4 Å². The number of carbonyl (C=O) groups excluding carboxylic acids is 1. The molecule has 8 nitrogen and oxygen atoms in total. The molecule has 4 heterocycles. The first-order valence-corrected chi connectivity index (χ1v) is 12.2. The van der Waals surface area contributed by atoms with Gasteiger partial charge in [-0.3, -0.25) is 14.8 Å². The van der Waals surface area contributed by atoms with Gasteiger partial charge in [-0.25, -0.2) is 0 Å². The third-order valence-corrected chi connectivity index (χ3v) is 6.77. The Morgan fingerprint density at radius 2 is 1.97 bits per heavy atom. The summed E-state index contributed by atoms with van der Waals surface area (Å²) >= 11 is 0. The molecule has 0 unspecified atom stereocenters. The van der Waals surface area contributed by atoms with E-state index in [0.717, 1.165) is 78.9 Å². The van der Waals surface area contributed by atoms with Gasteiger partial charge in [-0.2, -0.15) is 4.98 Å². The van der Waals surface area contributed by atoms with Crippen LogP contribution in [0.5, 0.6) is 0 Å². The number of ketones is 1. The maximum absolute atomic E-state index is 12.2. The first kappa shape index (κ1) is 23.1. The van der Waals surface area contributed by atoms with Crippen LogP contribution in [0.4, 0.5) is 0 Å². The largest absolute Gasteiger partial charge is 0.346 e. The van der Waals surface area contributed by atoms with Gasteiger partial charge in [0, 0.05) is 66.4 Å². The van der Waals surface area contributed by atoms with Crippen molar-refractivity contribution >= 4 is 22.9 Å². The number of aromatic nitrogens is 4. The summed E-state index contributed by atoms with van der Waals surface area (Å²) in [6, 6.07) is 9.85. The lowest BCUT2D eigenvalue weighted by Crippen LogP contribution is -2.34. The number of piperidine rings is 1. The van der Waals surface area contributed by atoms with Crippen molar-refractivity contribution in [1.82, 2.24) is 24.6 Å². The zero-order valence-electron chi connectivity index (χ0n) is 20.2. The number of hydrogen-bond acceptors (Lipinski definition) is 7. The lowest BCUT2D eigenvalue weighted by molar-refractivity contribution is 0.101. The second-order valence-electron chi connectivity index (χ2n) is 9.08. The van der Waals surface area contributed by atoms with E-state index in [1.165, 1.54) is 0 Å². The number of hydrogen-bond donors (Lipinski definition) is 0. The predicted molar refractivity (Wildman–Crippen MR) is 136 cm³/mol. The van der Waals surface area contributed by atoms with Crippen molar-refractivity contribution in [3.05, 3.63) is 65.9 Å². The summed E-state index contributed by atoms with van der Waals surface area (Å²) in [7, 11) is 1.77. The van der Waals surface area contributed by atoms with E-state index in [2.05, 4.69) is 35.7 Å². The number of benzene rings is 1. The van der Waals surface area contributed by atoms with Gasteiger partial charge in [0.2, 0.25) is 11.7 Å². The first-order valence-electron chi connectivity index (χ1n) is 12.2. The van der Waals surface area contributed by atoms with Crippen molar-refractivity contribution in [2.75, 3.05) is 26.7 Å². The number of carbonyl (C=O) groups is 1. The quantitative estimate of drug-likeness (QED) is 0.276. The maximum atomic E-state index is 12.2. The highest BCUT2D eigenvalue weighted by molar-refractivity contribution is 6.10. The van der Waals surface area contributed by atoms with Crippen LogP contribution in [0.15, 0.2) is 58.4 Å². The summed E-state index contributed by atoms with van der Waals surface area (Å²) in [5.41, 5.74) is 3.83. The Morgan fingerprint density at radius 3 is 2.71 bits per heavy atom.